The average Bonchev–Trinajstić information content (AvgIpc) is 2.75. The minimum absolute atomic E-state index is 0.203. The summed E-state index contributed by atoms with van der Waals surface area (Å²) in [5.74, 6) is -1.18. The molecule has 0 atom stereocenters. The predicted octanol–water partition coefficient (Wildman–Crippen LogP) is 3.46. The zero-order valence-electron chi connectivity index (χ0n) is 16.6. The number of nitrogens with zero attached hydrogens (tertiary/aromatic N) is 3. The second-order valence-corrected chi connectivity index (χ2v) is 7.24. The minimum atomic E-state index is -0.878. The van der Waals surface area contributed by atoms with Gasteiger partial charge in [-0.05, 0) is 35.9 Å². The molecule has 0 unspecified atom stereocenters. The topological polar surface area (TPSA) is 106 Å². The van der Waals surface area contributed by atoms with E-state index in [0.717, 1.165) is 10.6 Å². The molecule has 2 aromatic rings. The van der Waals surface area contributed by atoms with E-state index in [-0.39, 0.29) is 11.3 Å². The summed E-state index contributed by atoms with van der Waals surface area (Å²) in [5.41, 5.74) is 1.97. The molecular formula is C22H20N4O3S. The first kappa shape index (κ1) is 22.5. The Labute approximate surface area is 179 Å². The number of amides is 1. The van der Waals surface area contributed by atoms with E-state index in [2.05, 4.69) is 5.32 Å². The Kier molecular flexibility index (Phi) is 8.49. The van der Waals surface area contributed by atoms with E-state index >= 15 is 0 Å². The maximum Gasteiger partial charge on any atom is 0.349 e. The molecular weight excluding hydrogens is 400 g/mol. The smallest absolute Gasteiger partial charge is 0.349 e. The fraction of sp³-hybridized carbons (Fsp3) is 0.182. The zero-order chi connectivity index (χ0) is 21.9. The van der Waals surface area contributed by atoms with Gasteiger partial charge < -0.3 is 15.0 Å². The van der Waals surface area contributed by atoms with Gasteiger partial charge in [-0.1, -0.05) is 24.3 Å². The number of anilines is 2. The van der Waals surface area contributed by atoms with E-state index in [1.165, 1.54) is 17.8 Å². The van der Waals surface area contributed by atoms with Crippen LogP contribution >= 0.6 is 11.8 Å². The molecule has 1 amide bonds. The molecule has 2 rings (SSSR count). The van der Waals surface area contributed by atoms with Crippen molar-refractivity contribution in [3.63, 3.8) is 0 Å². The molecule has 0 aliphatic heterocycles. The highest BCUT2D eigenvalue weighted by Gasteiger charge is 2.14. The van der Waals surface area contributed by atoms with Crippen LogP contribution in [-0.4, -0.2) is 38.3 Å². The van der Waals surface area contributed by atoms with Gasteiger partial charge in [0.25, 0.3) is 5.91 Å². The average molecular weight is 420 g/mol. The number of nitriles is 2. The summed E-state index contributed by atoms with van der Waals surface area (Å²) < 4.78 is 4.98. The van der Waals surface area contributed by atoms with Gasteiger partial charge >= 0.3 is 5.97 Å². The Morgan fingerprint density at radius 2 is 1.83 bits per heavy atom. The van der Waals surface area contributed by atoms with Crippen molar-refractivity contribution in [3.8, 4) is 12.1 Å². The molecule has 1 N–H and O–H groups in total. The van der Waals surface area contributed by atoms with Gasteiger partial charge in [0.05, 0.1) is 17.5 Å². The maximum atomic E-state index is 12.2. The molecule has 2 aromatic carbocycles. The Morgan fingerprint density at radius 3 is 2.47 bits per heavy atom. The highest BCUT2D eigenvalue weighted by molar-refractivity contribution is 7.99. The number of para-hydroxylation sites is 1. The standard InChI is InChI=1S/C22H20N4O3S/c1-26(2)18-9-7-16(8-10-18)13-17(14-24)22(28)29-15-21(27)25-19-5-3-4-6-20(19)30-12-11-23/h3-10,13H,12,15H2,1-2H3,(H,25,27)/b17-13+. The number of hydrogen-bond donors (Lipinski definition) is 1. The molecule has 30 heavy (non-hydrogen) atoms. The lowest BCUT2D eigenvalue weighted by atomic mass is 10.1. The quantitative estimate of drug-likeness (QED) is 0.302. The third-order valence-corrected chi connectivity index (χ3v) is 4.79. The summed E-state index contributed by atoms with van der Waals surface area (Å²) in [7, 11) is 3.82. The van der Waals surface area contributed by atoms with Crippen molar-refractivity contribution in [1.29, 1.82) is 10.5 Å². The number of carbonyl (C=O) groups excluding carboxylic acids is 2. The number of benzene rings is 2. The normalized spacial score (nSPS) is 10.5. The molecule has 0 aromatic heterocycles. The molecule has 0 radical (unpaired) electrons. The van der Waals surface area contributed by atoms with Crippen LogP contribution in [0.1, 0.15) is 5.56 Å². The number of hydrogen-bond acceptors (Lipinski definition) is 7. The van der Waals surface area contributed by atoms with Crippen molar-refractivity contribution in [2.45, 2.75) is 4.90 Å². The fourth-order valence-electron chi connectivity index (χ4n) is 2.37. The van der Waals surface area contributed by atoms with Crippen molar-refractivity contribution < 1.29 is 14.3 Å². The second kappa shape index (κ2) is 11.3. The van der Waals surface area contributed by atoms with Gasteiger partial charge in [0, 0.05) is 24.7 Å². The van der Waals surface area contributed by atoms with E-state index in [1.807, 2.05) is 37.2 Å². The Morgan fingerprint density at radius 1 is 1.13 bits per heavy atom. The molecule has 0 saturated heterocycles. The van der Waals surface area contributed by atoms with Crippen LogP contribution in [0.15, 0.2) is 59.0 Å². The molecule has 0 aliphatic carbocycles. The van der Waals surface area contributed by atoms with Crippen LogP contribution in [-0.2, 0) is 14.3 Å². The highest BCUT2D eigenvalue weighted by atomic mass is 32.2. The van der Waals surface area contributed by atoms with Crippen LogP contribution in [0.2, 0.25) is 0 Å². The van der Waals surface area contributed by atoms with Crippen LogP contribution < -0.4 is 10.2 Å². The van der Waals surface area contributed by atoms with Gasteiger partial charge in [0.2, 0.25) is 0 Å². The Bertz CT molecular complexity index is 1020. The molecule has 0 aliphatic rings. The molecule has 0 bridgehead atoms. The Balaban J connectivity index is 1.97. The lowest BCUT2D eigenvalue weighted by Crippen LogP contribution is -2.21. The lowest BCUT2D eigenvalue weighted by Gasteiger charge is -2.12. The lowest BCUT2D eigenvalue weighted by molar-refractivity contribution is -0.142. The van der Waals surface area contributed by atoms with E-state index in [0.29, 0.717) is 11.3 Å². The number of nitrogens with one attached hydrogen (secondary N) is 1. The summed E-state index contributed by atoms with van der Waals surface area (Å²) >= 11 is 1.29. The van der Waals surface area contributed by atoms with Gasteiger partial charge in [-0.3, -0.25) is 4.79 Å². The monoisotopic (exact) mass is 420 g/mol. The first-order valence-electron chi connectivity index (χ1n) is 8.89. The van der Waals surface area contributed by atoms with E-state index in [4.69, 9.17) is 10.00 Å². The molecule has 7 nitrogen and oxygen atoms in total. The summed E-state index contributed by atoms with van der Waals surface area (Å²) in [6.45, 7) is -0.533. The number of carbonyl (C=O) groups is 2. The van der Waals surface area contributed by atoms with Crippen molar-refractivity contribution in [3.05, 3.63) is 59.7 Å². The van der Waals surface area contributed by atoms with Crippen LogP contribution in [0.5, 0.6) is 0 Å². The molecule has 0 heterocycles. The van der Waals surface area contributed by atoms with E-state index in [9.17, 15) is 14.9 Å². The summed E-state index contributed by atoms with van der Waals surface area (Å²) in [6, 6.07) is 18.1. The number of esters is 1. The van der Waals surface area contributed by atoms with Gasteiger partial charge in [0.15, 0.2) is 6.61 Å². The molecule has 0 spiro atoms. The van der Waals surface area contributed by atoms with Gasteiger partial charge in [-0.2, -0.15) is 10.5 Å². The summed E-state index contributed by atoms with van der Waals surface area (Å²) in [4.78, 5) is 27.0. The Hall–Kier alpha value is -3.75. The second-order valence-electron chi connectivity index (χ2n) is 6.22. The first-order valence-corrected chi connectivity index (χ1v) is 9.88. The third kappa shape index (κ3) is 6.69. The van der Waals surface area contributed by atoms with Crippen LogP contribution in [0, 0.1) is 22.7 Å². The van der Waals surface area contributed by atoms with E-state index < -0.39 is 18.5 Å². The molecule has 0 saturated carbocycles. The van der Waals surface area contributed by atoms with E-state index in [1.54, 1.807) is 42.5 Å². The number of ether oxygens (including phenoxy) is 1. The first-order chi connectivity index (χ1) is 14.4. The van der Waals surface area contributed by atoms with Gasteiger partial charge in [-0.25, -0.2) is 4.79 Å². The summed E-state index contributed by atoms with van der Waals surface area (Å²) in [6.07, 6.45) is 1.41. The van der Waals surface area contributed by atoms with Crippen LogP contribution in [0.4, 0.5) is 11.4 Å². The number of rotatable bonds is 8. The fourth-order valence-corrected chi connectivity index (χ4v) is 3.04. The zero-order valence-corrected chi connectivity index (χ0v) is 17.4. The third-order valence-electron chi connectivity index (χ3n) is 3.85. The minimum Gasteiger partial charge on any atom is -0.451 e. The van der Waals surface area contributed by atoms with Crippen molar-refractivity contribution in [2.75, 3.05) is 36.7 Å². The SMILES string of the molecule is CN(C)c1ccc(/C=C(\C#N)C(=O)OCC(=O)Nc2ccccc2SCC#N)cc1. The predicted molar refractivity (Wildman–Crippen MR) is 117 cm³/mol. The van der Waals surface area contributed by atoms with Gasteiger partial charge in [-0.15, -0.1) is 11.8 Å². The van der Waals surface area contributed by atoms with Crippen molar-refractivity contribution >= 4 is 41.1 Å². The van der Waals surface area contributed by atoms with Crippen molar-refractivity contribution in [2.24, 2.45) is 0 Å². The van der Waals surface area contributed by atoms with Gasteiger partial charge in [0.1, 0.15) is 11.6 Å². The highest BCUT2D eigenvalue weighted by Crippen LogP contribution is 2.26. The largest absolute Gasteiger partial charge is 0.451 e. The van der Waals surface area contributed by atoms with Crippen LogP contribution in [0.3, 0.4) is 0 Å². The number of thioether (sulfide) groups is 1. The molecule has 8 heteroatoms. The summed E-state index contributed by atoms with van der Waals surface area (Å²) in [5, 5.41) is 20.6. The molecule has 152 valence electrons. The molecule has 0 fully saturated rings. The van der Waals surface area contributed by atoms with Crippen LogP contribution in [0.25, 0.3) is 6.08 Å². The van der Waals surface area contributed by atoms with Crippen molar-refractivity contribution in [1.82, 2.24) is 0 Å². The maximum absolute atomic E-state index is 12.2.